The average molecular weight is 421 g/mol. The van der Waals surface area contributed by atoms with Gasteiger partial charge in [-0.05, 0) is 0 Å². The lowest BCUT2D eigenvalue weighted by Crippen LogP contribution is -2.45. The topological polar surface area (TPSA) is 150 Å². The Labute approximate surface area is 168 Å². The quantitative estimate of drug-likeness (QED) is 0.398. The Bertz CT molecular complexity index is 1040. The molecule has 2 saturated heterocycles. The van der Waals surface area contributed by atoms with E-state index < -0.39 is 42.9 Å². The number of fused-ring (bicyclic) bond motifs is 2. The third kappa shape index (κ3) is 3.52. The van der Waals surface area contributed by atoms with Crippen LogP contribution in [0.1, 0.15) is 19.1 Å². The minimum absolute atomic E-state index is 0.00863. The number of nitrogens with zero attached hydrogens (tertiary/aromatic N) is 4. The maximum atomic E-state index is 13.7. The molecule has 0 saturated carbocycles. The Morgan fingerprint density at radius 3 is 2.77 bits per heavy atom. The number of imidazole rings is 1. The zero-order valence-electron chi connectivity index (χ0n) is 15.4. The number of aromatic nitrogens is 4. The fourth-order valence-corrected chi connectivity index (χ4v) is 3.20. The standard InChI is InChI=1S/C17H16FN5O7/c1-2-17-7-28-15(24)26-4-3-5-27-16(25)29-9(17)6-10(30-17)23-8-20-11-12(19)21-14(18)22-13(11)23/h1,8-10H,3-7H2,(H2,19,21,22)/t9-,10+,17+/m0/s1. The first-order valence-corrected chi connectivity index (χ1v) is 8.86. The predicted molar refractivity (Wildman–Crippen MR) is 94.1 cm³/mol. The number of nitrogen functional groups attached to an aromatic ring is 1. The molecule has 4 heterocycles. The Hall–Kier alpha value is -3.66. The lowest BCUT2D eigenvalue weighted by Gasteiger charge is -2.28. The van der Waals surface area contributed by atoms with E-state index >= 15 is 0 Å². The summed E-state index contributed by atoms with van der Waals surface area (Å²) in [6, 6.07) is 0. The van der Waals surface area contributed by atoms with E-state index in [9.17, 15) is 14.0 Å². The van der Waals surface area contributed by atoms with Gasteiger partial charge in [0, 0.05) is 12.8 Å². The molecule has 2 aliphatic rings. The van der Waals surface area contributed by atoms with Gasteiger partial charge in [-0.25, -0.2) is 14.6 Å². The van der Waals surface area contributed by atoms with Crippen molar-refractivity contribution in [2.75, 3.05) is 25.6 Å². The molecule has 0 unspecified atom stereocenters. The second kappa shape index (κ2) is 7.64. The number of hydrogen-bond donors (Lipinski definition) is 1. The van der Waals surface area contributed by atoms with Gasteiger partial charge in [0.15, 0.2) is 23.1 Å². The molecule has 12 nitrogen and oxygen atoms in total. The summed E-state index contributed by atoms with van der Waals surface area (Å²) in [5, 5.41) is 0. The van der Waals surface area contributed by atoms with Crippen LogP contribution in [0, 0.1) is 18.4 Å². The van der Waals surface area contributed by atoms with Gasteiger partial charge in [-0.2, -0.15) is 14.4 Å². The number of carbonyl (C=O) groups excluding carboxylic acids is 2. The maximum Gasteiger partial charge on any atom is 0.508 e. The van der Waals surface area contributed by atoms with Crippen molar-refractivity contribution < 1.29 is 37.7 Å². The Balaban J connectivity index is 1.68. The first-order valence-electron chi connectivity index (χ1n) is 8.86. The smallest absolute Gasteiger partial charge is 0.434 e. The molecular weight excluding hydrogens is 405 g/mol. The largest absolute Gasteiger partial charge is 0.508 e. The molecule has 4 rings (SSSR count). The highest BCUT2D eigenvalue weighted by Crippen LogP contribution is 2.40. The number of rotatable bonds is 1. The van der Waals surface area contributed by atoms with Crippen LogP contribution in [-0.2, 0) is 23.7 Å². The zero-order chi connectivity index (χ0) is 21.3. The number of ether oxygens (including phenoxy) is 5. The van der Waals surface area contributed by atoms with Gasteiger partial charge >= 0.3 is 18.4 Å². The Kier molecular flexibility index (Phi) is 5.00. The van der Waals surface area contributed by atoms with E-state index in [1.54, 1.807) is 0 Å². The summed E-state index contributed by atoms with van der Waals surface area (Å²) in [4.78, 5) is 35.0. The van der Waals surface area contributed by atoms with E-state index in [1.807, 2.05) is 0 Å². The summed E-state index contributed by atoms with van der Waals surface area (Å²) in [6.45, 7) is -0.515. The van der Waals surface area contributed by atoms with Crippen LogP contribution in [0.2, 0.25) is 0 Å². The molecule has 2 aromatic heterocycles. The van der Waals surface area contributed by atoms with Crippen molar-refractivity contribution in [1.29, 1.82) is 0 Å². The molecule has 2 aliphatic heterocycles. The van der Waals surface area contributed by atoms with Crippen LogP contribution < -0.4 is 5.73 Å². The number of anilines is 1. The molecule has 2 N–H and O–H groups in total. The first-order chi connectivity index (χ1) is 14.4. The van der Waals surface area contributed by atoms with Crippen LogP contribution in [0.25, 0.3) is 11.2 Å². The highest BCUT2D eigenvalue weighted by molar-refractivity contribution is 5.81. The Morgan fingerprint density at radius 1 is 1.23 bits per heavy atom. The van der Waals surface area contributed by atoms with Crippen LogP contribution in [0.3, 0.4) is 0 Å². The molecule has 2 aromatic rings. The van der Waals surface area contributed by atoms with E-state index in [2.05, 4.69) is 20.9 Å². The highest BCUT2D eigenvalue weighted by atomic mass is 19.1. The molecule has 0 radical (unpaired) electrons. The fourth-order valence-electron chi connectivity index (χ4n) is 3.20. The minimum atomic E-state index is -1.66. The summed E-state index contributed by atoms with van der Waals surface area (Å²) < 4.78 is 41.2. The number of nitrogens with two attached hydrogens (primary N) is 1. The maximum absolute atomic E-state index is 13.7. The van der Waals surface area contributed by atoms with Crippen molar-refractivity contribution in [2.24, 2.45) is 0 Å². The van der Waals surface area contributed by atoms with Crippen LogP contribution in [0.4, 0.5) is 19.8 Å². The number of cyclic esters (lactones) is 3. The van der Waals surface area contributed by atoms with Crippen molar-refractivity contribution in [3.8, 4) is 12.3 Å². The monoisotopic (exact) mass is 421 g/mol. The van der Waals surface area contributed by atoms with Crippen LogP contribution in [0.5, 0.6) is 0 Å². The van der Waals surface area contributed by atoms with Crippen LogP contribution in [0.15, 0.2) is 6.33 Å². The molecule has 158 valence electrons. The minimum Gasteiger partial charge on any atom is -0.434 e. The predicted octanol–water partition coefficient (Wildman–Crippen LogP) is 0.917. The number of terminal acetylenes is 1. The molecule has 13 heteroatoms. The SMILES string of the molecule is C#C[C@@]12COC(=O)OCCCOC(=O)O[C@H]1C[C@H](n1cnc3c(N)nc(F)nc31)O2. The number of carbonyl (C=O) groups is 2. The van der Waals surface area contributed by atoms with E-state index in [0.717, 1.165) is 0 Å². The van der Waals surface area contributed by atoms with Gasteiger partial charge < -0.3 is 29.4 Å². The van der Waals surface area contributed by atoms with Gasteiger partial charge in [-0.15, -0.1) is 6.42 Å². The number of halogens is 1. The van der Waals surface area contributed by atoms with Crippen LogP contribution in [-0.4, -0.2) is 63.4 Å². The molecule has 30 heavy (non-hydrogen) atoms. The van der Waals surface area contributed by atoms with Crippen molar-refractivity contribution >= 4 is 29.3 Å². The summed E-state index contributed by atoms with van der Waals surface area (Å²) in [5.74, 6) is 2.23. The van der Waals surface area contributed by atoms with Gasteiger partial charge in [0.25, 0.3) is 0 Å². The molecule has 3 atom stereocenters. The molecule has 0 bridgehead atoms. The molecule has 0 spiro atoms. The van der Waals surface area contributed by atoms with E-state index in [-0.39, 0.29) is 43.0 Å². The average Bonchev–Trinajstić information content (AvgIpc) is 3.27. The lowest BCUT2D eigenvalue weighted by atomic mass is 9.98. The van der Waals surface area contributed by atoms with Gasteiger partial charge in [0.05, 0.1) is 19.5 Å². The molecule has 0 aromatic carbocycles. The van der Waals surface area contributed by atoms with E-state index in [0.29, 0.717) is 0 Å². The second-order valence-electron chi connectivity index (χ2n) is 6.49. The summed E-state index contributed by atoms with van der Waals surface area (Å²) in [6.07, 6.45) is 2.30. The summed E-state index contributed by atoms with van der Waals surface area (Å²) in [7, 11) is 0. The van der Waals surface area contributed by atoms with Gasteiger partial charge in [-0.3, -0.25) is 4.57 Å². The second-order valence-corrected chi connectivity index (χ2v) is 6.49. The molecule has 0 amide bonds. The van der Waals surface area contributed by atoms with Crippen LogP contribution >= 0.6 is 0 Å². The normalized spacial score (nSPS) is 27.5. The third-order valence-corrected chi connectivity index (χ3v) is 4.63. The van der Waals surface area contributed by atoms with Crippen molar-refractivity contribution in [3.05, 3.63) is 12.4 Å². The summed E-state index contributed by atoms with van der Waals surface area (Å²) in [5.41, 5.74) is 4.23. The fraction of sp³-hybridized carbons (Fsp3) is 0.471. The highest BCUT2D eigenvalue weighted by Gasteiger charge is 2.53. The third-order valence-electron chi connectivity index (χ3n) is 4.63. The van der Waals surface area contributed by atoms with E-state index in [4.69, 9.17) is 35.8 Å². The lowest BCUT2D eigenvalue weighted by molar-refractivity contribution is -0.107. The molecule has 0 aliphatic carbocycles. The summed E-state index contributed by atoms with van der Waals surface area (Å²) >= 11 is 0. The molecular formula is C17H16FN5O7. The number of hydrogen-bond acceptors (Lipinski definition) is 11. The van der Waals surface area contributed by atoms with Crippen molar-refractivity contribution in [2.45, 2.75) is 30.8 Å². The zero-order valence-corrected chi connectivity index (χ0v) is 15.4. The van der Waals surface area contributed by atoms with E-state index in [1.165, 1.54) is 10.9 Å². The Morgan fingerprint density at radius 2 is 2.00 bits per heavy atom. The van der Waals surface area contributed by atoms with Gasteiger partial charge in [-0.1, -0.05) is 5.92 Å². The molecule has 2 fully saturated rings. The van der Waals surface area contributed by atoms with Gasteiger partial charge in [0.2, 0.25) is 5.60 Å². The first kappa shape index (κ1) is 19.6. The van der Waals surface area contributed by atoms with Crippen molar-refractivity contribution in [3.63, 3.8) is 0 Å². The van der Waals surface area contributed by atoms with Crippen molar-refractivity contribution in [1.82, 2.24) is 19.5 Å². The van der Waals surface area contributed by atoms with Gasteiger partial charge in [0.1, 0.15) is 12.8 Å².